The highest BCUT2D eigenvalue weighted by Gasteiger charge is 2.38. The number of aliphatic carboxylic acids is 1. The third kappa shape index (κ3) is 8.19. The van der Waals surface area contributed by atoms with Crippen LogP contribution in [-0.2, 0) is 11.3 Å². The second-order valence-corrected chi connectivity index (χ2v) is 12.5. The third-order valence-electron chi connectivity index (χ3n) is 7.82. The fourth-order valence-corrected chi connectivity index (χ4v) is 6.66. The standard InChI is InChI=1S/C30H33ClN4O3S.C2HF3O2/c1-37-26-18-23(10-11-25(26)38-17-16-33-12-2-3-13-33)35-28(20-34-14-4-5-15-34)32-24-19-27(39-29(24)30(35)36)21-6-8-22(31)9-7-21;3-2(4,5)1(6)7/h6-11,18-19H,2-5,12-17,20H2,1H3;(H,6,7). The number of hydrogen-bond acceptors (Lipinski definition) is 8. The Bertz CT molecular complexity index is 1720. The quantitative estimate of drug-likeness (QED) is 0.215. The SMILES string of the molecule is COc1cc(-n2c(CN3CCCC3)nc3cc(-c4ccc(Cl)cc4)sc3c2=O)ccc1OCCN1CCCC1.O=C(O)C(F)(F)F. The lowest BCUT2D eigenvalue weighted by Crippen LogP contribution is -2.28. The zero-order chi connectivity index (χ0) is 32.8. The zero-order valence-electron chi connectivity index (χ0n) is 25.2. The molecular weight excluding hydrogens is 645 g/mol. The lowest BCUT2D eigenvalue weighted by atomic mass is 10.2. The van der Waals surface area contributed by atoms with Gasteiger partial charge in [0, 0.05) is 22.5 Å². The first kappa shape index (κ1) is 33.7. The summed E-state index contributed by atoms with van der Waals surface area (Å²) in [6.45, 7) is 6.43. The Morgan fingerprint density at radius 3 is 2.22 bits per heavy atom. The summed E-state index contributed by atoms with van der Waals surface area (Å²) in [6, 6.07) is 15.4. The van der Waals surface area contributed by atoms with Crippen molar-refractivity contribution in [2.24, 2.45) is 0 Å². The van der Waals surface area contributed by atoms with Crippen molar-refractivity contribution in [3.8, 4) is 27.6 Å². The van der Waals surface area contributed by atoms with E-state index in [1.807, 2.05) is 48.5 Å². The van der Waals surface area contributed by atoms with E-state index < -0.39 is 12.1 Å². The van der Waals surface area contributed by atoms with Gasteiger partial charge in [-0.3, -0.25) is 19.2 Å². The maximum absolute atomic E-state index is 14.0. The predicted octanol–water partition coefficient (Wildman–Crippen LogP) is 6.48. The topological polar surface area (TPSA) is 97.1 Å². The average molecular weight is 679 g/mol. The number of likely N-dealkylation sites (tertiary alicyclic amines) is 2. The lowest BCUT2D eigenvalue weighted by molar-refractivity contribution is -0.192. The minimum atomic E-state index is -5.08. The maximum Gasteiger partial charge on any atom is 0.490 e. The molecule has 0 saturated carbocycles. The van der Waals surface area contributed by atoms with Gasteiger partial charge in [0.15, 0.2) is 11.5 Å². The summed E-state index contributed by atoms with van der Waals surface area (Å²) in [5.74, 6) is -0.724. The van der Waals surface area contributed by atoms with Gasteiger partial charge >= 0.3 is 12.1 Å². The molecule has 0 amide bonds. The van der Waals surface area contributed by atoms with Gasteiger partial charge in [0.05, 0.1) is 24.9 Å². The molecule has 246 valence electrons. The van der Waals surface area contributed by atoms with Gasteiger partial charge < -0.3 is 14.6 Å². The van der Waals surface area contributed by atoms with Gasteiger partial charge in [-0.2, -0.15) is 13.2 Å². The van der Waals surface area contributed by atoms with Crippen molar-refractivity contribution in [3.63, 3.8) is 0 Å². The average Bonchev–Trinajstić information content (AvgIpc) is 3.81. The molecule has 4 aromatic rings. The van der Waals surface area contributed by atoms with Crippen LogP contribution in [0.5, 0.6) is 11.5 Å². The van der Waals surface area contributed by atoms with Gasteiger partial charge in [0.25, 0.3) is 5.56 Å². The number of benzene rings is 2. The zero-order valence-corrected chi connectivity index (χ0v) is 26.8. The van der Waals surface area contributed by atoms with Crippen molar-refractivity contribution in [2.45, 2.75) is 38.4 Å². The van der Waals surface area contributed by atoms with Crippen LogP contribution in [-0.4, -0.2) is 83.0 Å². The molecule has 0 radical (unpaired) electrons. The normalized spacial score (nSPS) is 15.6. The van der Waals surface area contributed by atoms with Crippen LogP contribution in [0.3, 0.4) is 0 Å². The number of thiophene rings is 1. The number of alkyl halides is 3. The number of carbonyl (C=O) groups is 1. The number of nitrogens with zero attached hydrogens (tertiary/aromatic N) is 4. The summed E-state index contributed by atoms with van der Waals surface area (Å²) in [6.07, 6.45) is -0.224. The fraction of sp³-hybridized carbons (Fsp3) is 0.406. The van der Waals surface area contributed by atoms with Crippen molar-refractivity contribution in [1.82, 2.24) is 19.4 Å². The van der Waals surface area contributed by atoms with Crippen LogP contribution in [0.1, 0.15) is 31.5 Å². The lowest BCUT2D eigenvalue weighted by Gasteiger charge is -2.20. The highest BCUT2D eigenvalue weighted by molar-refractivity contribution is 7.22. The van der Waals surface area contributed by atoms with Crippen LogP contribution in [0.15, 0.2) is 53.3 Å². The van der Waals surface area contributed by atoms with Gasteiger partial charge in [-0.25, -0.2) is 9.78 Å². The second kappa shape index (κ2) is 14.8. The van der Waals surface area contributed by atoms with Gasteiger partial charge in [-0.05, 0) is 87.8 Å². The number of fused-ring (bicyclic) bond motifs is 1. The number of carboxylic acid groups (broad SMARTS) is 1. The molecule has 46 heavy (non-hydrogen) atoms. The van der Waals surface area contributed by atoms with Crippen LogP contribution < -0.4 is 15.0 Å². The largest absolute Gasteiger partial charge is 0.493 e. The molecule has 2 saturated heterocycles. The molecule has 0 aliphatic carbocycles. The highest BCUT2D eigenvalue weighted by Crippen LogP contribution is 2.34. The Hall–Kier alpha value is -3.65. The van der Waals surface area contributed by atoms with E-state index in [1.165, 1.54) is 37.0 Å². The van der Waals surface area contributed by atoms with Crippen molar-refractivity contribution >= 4 is 39.1 Å². The molecule has 2 aromatic carbocycles. The molecule has 1 N–H and O–H groups in total. The monoisotopic (exact) mass is 678 g/mol. The van der Waals surface area contributed by atoms with E-state index in [1.54, 1.807) is 11.7 Å². The van der Waals surface area contributed by atoms with E-state index in [-0.39, 0.29) is 5.56 Å². The molecular formula is C32H34ClF3N4O5S. The Labute approximate surface area is 272 Å². The molecule has 0 unspecified atom stereocenters. The van der Waals surface area contributed by atoms with Gasteiger partial charge in [0.2, 0.25) is 0 Å². The smallest absolute Gasteiger partial charge is 0.490 e. The molecule has 9 nitrogen and oxygen atoms in total. The third-order valence-corrected chi connectivity index (χ3v) is 9.23. The number of rotatable bonds is 9. The van der Waals surface area contributed by atoms with E-state index in [0.29, 0.717) is 34.4 Å². The first-order valence-corrected chi connectivity index (χ1v) is 16.1. The van der Waals surface area contributed by atoms with Crippen LogP contribution in [0.25, 0.3) is 26.3 Å². The van der Waals surface area contributed by atoms with E-state index in [4.69, 9.17) is 36.0 Å². The van der Waals surface area contributed by atoms with Crippen LogP contribution in [0, 0.1) is 0 Å². The minimum Gasteiger partial charge on any atom is -0.493 e. The summed E-state index contributed by atoms with van der Waals surface area (Å²) < 4.78 is 45.9. The van der Waals surface area contributed by atoms with E-state index in [2.05, 4.69) is 9.80 Å². The van der Waals surface area contributed by atoms with Gasteiger partial charge in [-0.15, -0.1) is 11.3 Å². The summed E-state index contributed by atoms with van der Waals surface area (Å²) in [7, 11) is 1.64. The molecule has 2 fully saturated rings. The molecule has 2 aliphatic heterocycles. The molecule has 0 spiro atoms. The van der Waals surface area contributed by atoms with Crippen LogP contribution >= 0.6 is 22.9 Å². The summed E-state index contributed by atoms with van der Waals surface area (Å²) in [5, 5.41) is 7.81. The van der Waals surface area contributed by atoms with E-state index >= 15 is 0 Å². The first-order chi connectivity index (χ1) is 22.0. The predicted molar refractivity (Wildman–Crippen MR) is 172 cm³/mol. The van der Waals surface area contributed by atoms with E-state index in [0.717, 1.165) is 60.2 Å². The van der Waals surface area contributed by atoms with Crippen molar-refractivity contribution in [2.75, 3.05) is 46.4 Å². The summed E-state index contributed by atoms with van der Waals surface area (Å²) in [5.41, 5.74) is 2.42. The number of aromatic nitrogens is 2. The number of halogens is 4. The number of hydrogen-bond donors (Lipinski definition) is 1. The molecule has 0 atom stereocenters. The molecule has 4 heterocycles. The van der Waals surface area contributed by atoms with Crippen LogP contribution in [0.4, 0.5) is 13.2 Å². The molecule has 6 rings (SSSR count). The number of carboxylic acids is 1. The second-order valence-electron chi connectivity index (χ2n) is 11.0. The Morgan fingerprint density at radius 2 is 1.61 bits per heavy atom. The fourth-order valence-electron chi connectivity index (χ4n) is 5.50. The molecule has 14 heteroatoms. The first-order valence-electron chi connectivity index (χ1n) is 14.9. The van der Waals surface area contributed by atoms with Crippen molar-refractivity contribution < 1.29 is 32.5 Å². The summed E-state index contributed by atoms with van der Waals surface area (Å²) in [4.78, 5) is 33.8. The number of methoxy groups -OCH3 is 1. The molecule has 2 aromatic heterocycles. The van der Waals surface area contributed by atoms with Crippen LogP contribution in [0.2, 0.25) is 5.02 Å². The summed E-state index contributed by atoms with van der Waals surface area (Å²) >= 11 is 7.56. The Morgan fingerprint density at radius 1 is 0.978 bits per heavy atom. The number of ether oxygens (including phenoxy) is 2. The minimum absolute atomic E-state index is 0.0656. The highest BCUT2D eigenvalue weighted by atomic mass is 35.5. The Balaban J connectivity index is 0.000000537. The Kier molecular flexibility index (Phi) is 10.9. The van der Waals surface area contributed by atoms with E-state index in [9.17, 15) is 18.0 Å². The maximum atomic E-state index is 14.0. The van der Waals surface area contributed by atoms with Crippen molar-refractivity contribution in [3.05, 3.63) is 69.7 Å². The van der Waals surface area contributed by atoms with Gasteiger partial charge in [-0.1, -0.05) is 23.7 Å². The molecule has 0 bridgehead atoms. The van der Waals surface area contributed by atoms with Crippen molar-refractivity contribution in [1.29, 1.82) is 0 Å². The molecule has 2 aliphatic rings. The van der Waals surface area contributed by atoms with Gasteiger partial charge in [0.1, 0.15) is 17.1 Å².